The minimum atomic E-state index is -5.11. The molecular formula is C20H25F3N2O7. The number of hydrogen-bond donors (Lipinski definition) is 0. The van der Waals surface area contributed by atoms with E-state index in [-0.39, 0.29) is 31.0 Å². The molecule has 12 heteroatoms. The molecule has 1 fully saturated rings. The number of carbonyl (C=O) groups excluding carboxylic acids is 1. The van der Waals surface area contributed by atoms with E-state index in [1.807, 2.05) is 0 Å². The van der Waals surface area contributed by atoms with Gasteiger partial charge in [-0.25, -0.2) is 4.79 Å². The molecule has 1 aromatic rings. The zero-order chi connectivity index (χ0) is 24.3. The van der Waals surface area contributed by atoms with Gasteiger partial charge < -0.3 is 18.9 Å². The van der Waals surface area contributed by atoms with Crippen molar-refractivity contribution in [3.8, 4) is 12.3 Å². The Kier molecular flexibility index (Phi) is 8.06. The van der Waals surface area contributed by atoms with Crippen molar-refractivity contribution < 1.29 is 36.9 Å². The number of hydrogen-bond acceptors (Lipinski definition) is 7. The van der Waals surface area contributed by atoms with E-state index in [2.05, 4.69) is 5.92 Å². The van der Waals surface area contributed by atoms with Crippen molar-refractivity contribution in [3.63, 3.8) is 0 Å². The minimum Gasteiger partial charge on any atom is -0.363 e. The summed E-state index contributed by atoms with van der Waals surface area (Å²) in [5.41, 5.74) is -5.95. The van der Waals surface area contributed by atoms with Gasteiger partial charge in [0, 0.05) is 25.1 Å². The molecule has 1 saturated heterocycles. The Morgan fingerprint density at radius 2 is 1.97 bits per heavy atom. The first-order valence-electron chi connectivity index (χ1n) is 9.60. The van der Waals surface area contributed by atoms with E-state index in [9.17, 15) is 27.6 Å². The van der Waals surface area contributed by atoms with Crippen LogP contribution in [0.5, 0.6) is 0 Å². The van der Waals surface area contributed by atoms with Gasteiger partial charge in [-0.05, 0) is 0 Å². The summed E-state index contributed by atoms with van der Waals surface area (Å²) in [5, 5.41) is 0. The highest BCUT2D eigenvalue weighted by atomic mass is 19.4. The lowest BCUT2D eigenvalue weighted by Crippen LogP contribution is -2.50. The molecule has 0 N–H and O–H groups in total. The highest BCUT2D eigenvalue weighted by Crippen LogP contribution is 2.32. The Morgan fingerprint density at radius 1 is 1.31 bits per heavy atom. The van der Waals surface area contributed by atoms with Gasteiger partial charge in [0.15, 0.2) is 0 Å². The molecule has 2 rings (SSSR count). The van der Waals surface area contributed by atoms with Gasteiger partial charge in [-0.2, -0.15) is 17.7 Å². The number of nitrogens with zero attached hydrogens (tertiary/aromatic N) is 2. The van der Waals surface area contributed by atoms with Crippen LogP contribution < -0.4 is 11.2 Å². The first-order valence-corrected chi connectivity index (χ1v) is 9.60. The summed E-state index contributed by atoms with van der Waals surface area (Å²) in [6.45, 7) is 3.91. The third-order valence-corrected chi connectivity index (χ3v) is 4.62. The highest BCUT2D eigenvalue weighted by molar-refractivity contribution is 5.83. The summed E-state index contributed by atoms with van der Waals surface area (Å²) in [6, 6.07) is 0. The zero-order valence-corrected chi connectivity index (χ0v) is 18.1. The van der Waals surface area contributed by atoms with E-state index in [4.69, 9.17) is 25.4 Å². The highest BCUT2D eigenvalue weighted by Gasteiger charge is 2.42. The fraction of sp³-hybridized carbons (Fsp3) is 0.650. The lowest BCUT2D eigenvalue weighted by atomic mass is 9.95. The number of methoxy groups -OCH3 is 1. The number of alkyl halides is 3. The molecule has 0 spiro atoms. The SMILES string of the molecule is C#CCO[C@H]1C[C@H](n2cc(C(F)(F)F)c(=O)n(C(=O)C(C)(C)C)c2=O)O[C@@H]1COCOC. The first-order chi connectivity index (χ1) is 14.8. The van der Waals surface area contributed by atoms with Gasteiger partial charge in [0.05, 0.1) is 12.7 Å². The number of halogens is 3. The molecule has 0 unspecified atom stereocenters. The molecule has 0 saturated carbocycles. The maximum atomic E-state index is 13.6. The summed E-state index contributed by atoms with van der Waals surface area (Å²) in [4.78, 5) is 38.0. The van der Waals surface area contributed by atoms with Crippen molar-refractivity contribution in [1.82, 2.24) is 9.13 Å². The van der Waals surface area contributed by atoms with E-state index in [1.165, 1.54) is 27.9 Å². The van der Waals surface area contributed by atoms with E-state index in [0.29, 0.717) is 10.8 Å². The van der Waals surface area contributed by atoms with Crippen LogP contribution in [0, 0.1) is 17.8 Å². The van der Waals surface area contributed by atoms with Crippen LogP contribution in [-0.2, 0) is 25.1 Å². The van der Waals surface area contributed by atoms with Crippen LogP contribution in [0.15, 0.2) is 15.8 Å². The molecule has 0 radical (unpaired) electrons. The van der Waals surface area contributed by atoms with E-state index in [1.54, 1.807) is 0 Å². The number of terminal acetylenes is 1. The third kappa shape index (κ3) is 5.66. The monoisotopic (exact) mass is 462 g/mol. The fourth-order valence-electron chi connectivity index (χ4n) is 3.09. The van der Waals surface area contributed by atoms with Crippen LogP contribution in [-0.4, -0.2) is 54.4 Å². The Labute approximate surface area is 182 Å². The molecule has 0 aromatic carbocycles. The maximum absolute atomic E-state index is 13.6. The molecule has 1 aliphatic heterocycles. The quantitative estimate of drug-likeness (QED) is 0.345. The van der Waals surface area contributed by atoms with E-state index in [0.717, 1.165) is 0 Å². The number of rotatable bonds is 7. The summed E-state index contributed by atoms with van der Waals surface area (Å²) in [5.74, 6) is 1.20. The predicted molar refractivity (Wildman–Crippen MR) is 105 cm³/mol. The fourth-order valence-corrected chi connectivity index (χ4v) is 3.09. The van der Waals surface area contributed by atoms with E-state index >= 15 is 0 Å². The van der Waals surface area contributed by atoms with Gasteiger partial charge in [-0.1, -0.05) is 26.7 Å². The van der Waals surface area contributed by atoms with Crippen LogP contribution in [0.1, 0.15) is 43.8 Å². The Bertz CT molecular complexity index is 985. The zero-order valence-electron chi connectivity index (χ0n) is 18.1. The molecule has 178 valence electrons. The van der Waals surface area contributed by atoms with Gasteiger partial charge in [-0.15, -0.1) is 6.42 Å². The first kappa shape index (κ1) is 25.8. The molecule has 9 nitrogen and oxygen atoms in total. The molecule has 0 aliphatic carbocycles. The topological polar surface area (TPSA) is 98.0 Å². The molecule has 3 atom stereocenters. The Morgan fingerprint density at radius 3 is 2.50 bits per heavy atom. The van der Waals surface area contributed by atoms with Crippen molar-refractivity contribution in [2.45, 2.75) is 51.8 Å². The standard InChI is InChI=1S/C20H25F3N2O7/c1-6-7-31-13-8-15(32-14(13)10-30-11-29-5)24-9-12(20(21,22)23)16(26)25(18(24)28)17(27)19(2,3)4/h1,9,13-15H,7-8,10-11H2,2-5H3/t13-,14+,15+/m0/s1. The number of ether oxygens (including phenoxy) is 4. The number of carbonyl (C=O) groups is 1. The van der Waals surface area contributed by atoms with E-state index < -0.39 is 52.7 Å². The lowest BCUT2D eigenvalue weighted by Gasteiger charge is -2.22. The maximum Gasteiger partial charge on any atom is 0.423 e. The average Bonchev–Trinajstić information content (AvgIpc) is 3.07. The van der Waals surface area contributed by atoms with Gasteiger partial charge >= 0.3 is 11.9 Å². The van der Waals surface area contributed by atoms with Gasteiger partial charge in [0.2, 0.25) is 5.91 Å². The summed E-state index contributed by atoms with van der Waals surface area (Å²) in [7, 11) is 1.40. The molecule has 1 aromatic heterocycles. The largest absolute Gasteiger partial charge is 0.423 e. The van der Waals surface area contributed by atoms with Crippen LogP contribution >= 0.6 is 0 Å². The minimum absolute atomic E-state index is 0.00175. The van der Waals surface area contributed by atoms with Crippen molar-refractivity contribution in [1.29, 1.82) is 0 Å². The number of aromatic nitrogens is 2. The normalized spacial score (nSPS) is 21.5. The molecule has 0 amide bonds. The van der Waals surface area contributed by atoms with Crippen LogP contribution in [0.4, 0.5) is 13.2 Å². The molecular weight excluding hydrogens is 437 g/mol. The van der Waals surface area contributed by atoms with Gasteiger partial charge in [0.1, 0.15) is 31.3 Å². The Hall–Kier alpha value is -2.46. The molecule has 2 heterocycles. The van der Waals surface area contributed by atoms with Crippen molar-refractivity contribution in [2.24, 2.45) is 5.41 Å². The van der Waals surface area contributed by atoms with Crippen molar-refractivity contribution in [2.75, 3.05) is 27.1 Å². The van der Waals surface area contributed by atoms with Crippen LogP contribution in [0.2, 0.25) is 0 Å². The van der Waals surface area contributed by atoms with Crippen molar-refractivity contribution in [3.05, 3.63) is 32.6 Å². The molecule has 32 heavy (non-hydrogen) atoms. The lowest BCUT2D eigenvalue weighted by molar-refractivity contribution is -0.140. The average molecular weight is 462 g/mol. The molecule has 0 bridgehead atoms. The smallest absolute Gasteiger partial charge is 0.363 e. The van der Waals surface area contributed by atoms with Crippen molar-refractivity contribution >= 4 is 5.91 Å². The Balaban J connectivity index is 2.56. The van der Waals surface area contributed by atoms with Crippen LogP contribution in [0.3, 0.4) is 0 Å². The second-order valence-corrected chi connectivity index (χ2v) is 8.12. The van der Waals surface area contributed by atoms with Gasteiger partial charge in [0.25, 0.3) is 5.56 Å². The molecule has 1 aliphatic rings. The second kappa shape index (κ2) is 9.99. The van der Waals surface area contributed by atoms with Gasteiger partial charge in [-0.3, -0.25) is 14.2 Å². The third-order valence-electron chi connectivity index (χ3n) is 4.62. The summed E-state index contributed by atoms with van der Waals surface area (Å²) < 4.78 is 62.4. The predicted octanol–water partition coefficient (Wildman–Crippen LogP) is 1.64. The summed E-state index contributed by atoms with van der Waals surface area (Å²) in [6.07, 6.45) is -2.38. The van der Waals surface area contributed by atoms with Crippen LogP contribution in [0.25, 0.3) is 0 Å². The second-order valence-electron chi connectivity index (χ2n) is 8.12. The summed E-state index contributed by atoms with van der Waals surface area (Å²) >= 11 is 0.